The Hall–Kier alpha value is -6.91. The van der Waals surface area contributed by atoms with E-state index in [0.29, 0.717) is 0 Å². The first-order valence-corrected chi connectivity index (χ1v) is 17.2. The zero-order valence-electron chi connectivity index (χ0n) is 27.6. The molecule has 0 spiro atoms. The van der Waals surface area contributed by atoms with Gasteiger partial charge < -0.3 is 0 Å². The minimum absolute atomic E-state index is 0.898. The normalized spacial score (nSPS) is 11.5. The SMILES string of the molecule is c1ccc(-c2nc3ccccc3n2-c2ccc(-c3ccc4ccc5ccc(-c6ccc(-c7cccc8ccccc78)cc6)nc5c4n3)cc2)cc1. The van der Waals surface area contributed by atoms with Crippen molar-refractivity contribution >= 4 is 43.6 Å². The highest BCUT2D eigenvalue weighted by atomic mass is 15.1. The number of fused-ring (bicyclic) bond motifs is 5. The fraction of sp³-hybridized carbons (Fsp3) is 0. The zero-order valence-corrected chi connectivity index (χ0v) is 27.6. The first kappa shape index (κ1) is 29.0. The zero-order chi connectivity index (χ0) is 33.7. The number of benzene rings is 7. The molecule has 0 N–H and O–H groups in total. The largest absolute Gasteiger partial charge is 0.292 e. The number of hydrogen-bond acceptors (Lipinski definition) is 3. The van der Waals surface area contributed by atoms with Crippen molar-refractivity contribution in [3.63, 3.8) is 0 Å². The quantitative estimate of drug-likeness (QED) is 0.174. The highest BCUT2D eigenvalue weighted by Gasteiger charge is 2.15. The van der Waals surface area contributed by atoms with Crippen molar-refractivity contribution < 1.29 is 0 Å². The maximum Gasteiger partial charge on any atom is 0.145 e. The van der Waals surface area contributed by atoms with Crippen molar-refractivity contribution in [3.8, 4) is 50.7 Å². The maximum atomic E-state index is 5.22. The second kappa shape index (κ2) is 11.9. The van der Waals surface area contributed by atoms with Gasteiger partial charge in [-0.3, -0.25) is 4.57 Å². The molecule has 0 aliphatic rings. The first-order chi connectivity index (χ1) is 25.3. The van der Waals surface area contributed by atoms with Crippen molar-refractivity contribution in [2.45, 2.75) is 0 Å². The van der Waals surface area contributed by atoms with E-state index in [9.17, 15) is 0 Å². The third-order valence-electron chi connectivity index (χ3n) is 9.82. The van der Waals surface area contributed by atoms with Crippen LogP contribution in [0.2, 0.25) is 0 Å². The van der Waals surface area contributed by atoms with Crippen molar-refractivity contribution in [2.24, 2.45) is 0 Å². The van der Waals surface area contributed by atoms with E-state index in [1.807, 2.05) is 12.1 Å². The lowest BCUT2D eigenvalue weighted by atomic mass is 9.97. The summed E-state index contributed by atoms with van der Waals surface area (Å²) in [6.45, 7) is 0. The van der Waals surface area contributed by atoms with Crippen LogP contribution in [0.3, 0.4) is 0 Å². The molecule has 238 valence electrons. The molecule has 4 heteroatoms. The van der Waals surface area contributed by atoms with Gasteiger partial charge in [-0.15, -0.1) is 0 Å². The second-order valence-corrected chi connectivity index (χ2v) is 12.9. The molecule has 0 aliphatic heterocycles. The van der Waals surface area contributed by atoms with Gasteiger partial charge in [0, 0.05) is 33.2 Å². The minimum atomic E-state index is 0.898. The molecule has 51 heavy (non-hydrogen) atoms. The lowest BCUT2D eigenvalue weighted by molar-refractivity contribution is 1.10. The standard InChI is InChI=1S/C47H30N4/c1-2-10-37(11-3-1)47-50-43-15-6-7-16-44(43)51(47)38-27-23-34(24-28-38)42-30-26-36-22-21-35-25-29-41(48-45(35)46(36)49-42)33-19-17-32(18-20-33)40-14-8-12-31-9-4-5-13-39(31)40/h1-30H. The van der Waals surface area contributed by atoms with E-state index in [0.717, 1.165) is 72.4 Å². The Balaban J connectivity index is 1.02. The number of rotatable bonds is 5. The van der Waals surface area contributed by atoms with Crippen molar-refractivity contribution in [1.29, 1.82) is 0 Å². The van der Waals surface area contributed by atoms with Gasteiger partial charge in [0.1, 0.15) is 5.82 Å². The topological polar surface area (TPSA) is 43.6 Å². The number of hydrogen-bond donors (Lipinski definition) is 0. The number of para-hydroxylation sites is 2. The van der Waals surface area contributed by atoms with Crippen molar-refractivity contribution in [3.05, 3.63) is 182 Å². The molecule has 10 aromatic rings. The van der Waals surface area contributed by atoms with E-state index in [-0.39, 0.29) is 0 Å². The summed E-state index contributed by atoms with van der Waals surface area (Å²) < 4.78 is 2.23. The van der Waals surface area contributed by atoms with Crippen LogP contribution in [-0.4, -0.2) is 19.5 Å². The van der Waals surface area contributed by atoms with Gasteiger partial charge in [-0.05, 0) is 58.3 Å². The van der Waals surface area contributed by atoms with E-state index < -0.39 is 0 Å². The van der Waals surface area contributed by atoms with Crippen LogP contribution in [0.1, 0.15) is 0 Å². The molecule has 3 heterocycles. The van der Waals surface area contributed by atoms with E-state index in [1.165, 1.54) is 21.9 Å². The molecule has 3 aromatic heterocycles. The van der Waals surface area contributed by atoms with E-state index >= 15 is 0 Å². The van der Waals surface area contributed by atoms with E-state index in [1.54, 1.807) is 0 Å². The highest BCUT2D eigenvalue weighted by molar-refractivity contribution is 6.04. The second-order valence-electron chi connectivity index (χ2n) is 12.9. The molecular weight excluding hydrogens is 621 g/mol. The molecule has 0 unspecified atom stereocenters. The van der Waals surface area contributed by atoms with Crippen LogP contribution in [-0.2, 0) is 0 Å². The van der Waals surface area contributed by atoms with Crippen LogP contribution in [0, 0.1) is 0 Å². The average Bonchev–Trinajstić information content (AvgIpc) is 3.60. The van der Waals surface area contributed by atoms with Crippen molar-refractivity contribution in [2.75, 3.05) is 0 Å². The molecule has 0 saturated carbocycles. The molecule has 0 fully saturated rings. The number of pyridine rings is 2. The molecule has 0 bridgehead atoms. The molecule has 0 atom stereocenters. The monoisotopic (exact) mass is 650 g/mol. The summed E-state index contributed by atoms with van der Waals surface area (Å²) in [6, 6.07) is 63.8. The molecule has 0 radical (unpaired) electrons. The van der Waals surface area contributed by atoms with Gasteiger partial charge in [-0.1, -0.05) is 146 Å². The van der Waals surface area contributed by atoms with Gasteiger partial charge >= 0.3 is 0 Å². The van der Waals surface area contributed by atoms with Gasteiger partial charge in [-0.2, -0.15) is 0 Å². The van der Waals surface area contributed by atoms with Crippen LogP contribution < -0.4 is 0 Å². The van der Waals surface area contributed by atoms with Crippen LogP contribution >= 0.6 is 0 Å². The lowest BCUT2D eigenvalue weighted by Crippen LogP contribution is -1.97. The molecule has 10 rings (SSSR count). The Morgan fingerprint density at radius 3 is 1.65 bits per heavy atom. The number of nitrogens with zero attached hydrogens (tertiary/aromatic N) is 4. The van der Waals surface area contributed by atoms with E-state index in [4.69, 9.17) is 15.0 Å². The molecule has 0 saturated heterocycles. The average molecular weight is 651 g/mol. The fourth-order valence-electron chi connectivity index (χ4n) is 7.24. The summed E-state index contributed by atoms with van der Waals surface area (Å²) in [5, 5.41) is 4.64. The summed E-state index contributed by atoms with van der Waals surface area (Å²) in [5.41, 5.74) is 12.4. The van der Waals surface area contributed by atoms with E-state index in [2.05, 4.69) is 174 Å². The smallest absolute Gasteiger partial charge is 0.145 e. The summed E-state index contributed by atoms with van der Waals surface area (Å²) in [5.74, 6) is 0.921. The molecule has 7 aromatic carbocycles. The number of imidazole rings is 1. The Bertz CT molecular complexity index is 2880. The lowest BCUT2D eigenvalue weighted by Gasteiger charge is -2.11. The summed E-state index contributed by atoms with van der Waals surface area (Å²) in [4.78, 5) is 15.4. The van der Waals surface area contributed by atoms with Crippen LogP contribution in [0.5, 0.6) is 0 Å². The summed E-state index contributed by atoms with van der Waals surface area (Å²) in [7, 11) is 0. The number of aromatic nitrogens is 4. The van der Waals surface area contributed by atoms with Crippen LogP contribution in [0.4, 0.5) is 0 Å². The minimum Gasteiger partial charge on any atom is -0.292 e. The molecule has 0 aliphatic carbocycles. The van der Waals surface area contributed by atoms with Gasteiger partial charge in [0.2, 0.25) is 0 Å². The Labute approximate surface area is 295 Å². The van der Waals surface area contributed by atoms with Gasteiger partial charge in [0.15, 0.2) is 0 Å². The maximum absolute atomic E-state index is 5.22. The Morgan fingerprint density at radius 2 is 0.922 bits per heavy atom. The Kier molecular flexibility index (Phi) is 6.78. The van der Waals surface area contributed by atoms with Crippen molar-refractivity contribution in [1.82, 2.24) is 19.5 Å². The predicted octanol–water partition coefficient (Wildman–Crippen LogP) is 11.9. The highest BCUT2D eigenvalue weighted by Crippen LogP contribution is 2.33. The summed E-state index contributed by atoms with van der Waals surface area (Å²) >= 11 is 0. The molecule has 0 amide bonds. The van der Waals surface area contributed by atoms with Gasteiger partial charge in [0.25, 0.3) is 0 Å². The third-order valence-corrected chi connectivity index (χ3v) is 9.82. The third kappa shape index (κ3) is 5.04. The van der Waals surface area contributed by atoms with Crippen LogP contribution in [0.25, 0.3) is 94.3 Å². The van der Waals surface area contributed by atoms with Gasteiger partial charge in [-0.25, -0.2) is 15.0 Å². The van der Waals surface area contributed by atoms with Gasteiger partial charge in [0.05, 0.1) is 33.5 Å². The molecular formula is C47H30N4. The summed E-state index contributed by atoms with van der Waals surface area (Å²) in [6.07, 6.45) is 0. The Morgan fingerprint density at radius 1 is 0.353 bits per heavy atom. The predicted molar refractivity (Wildman–Crippen MR) is 211 cm³/mol. The van der Waals surface area contributed by atoms with Crippen LogP contribution in [0.15, 0.2) is 182 Å². The first-order valence-electron chi connectivity index (χ1n) is 17.2. The molecule has 4 nitrogen and oxygen atoms in total. The fourth-order valence-corrected chi connectivity index (χ4v) is 7.24.